The van der Waals surface area contributed by atoms with Crippen molar-refractivity contribution in [1.82, 2.24) is 4.57 Å². The maximum Gasteiger partial charge on any atom is 0.194 e. The minimum atomic E-state index is -0.0891. The number of hydrogen-bond donors (Lipinski definition) is 1. The minimum Gasteiger partial charge on any atom is -0.508 e. The molecular formula is C12H9BrNO2Y-. The van der Waals surface area contributed by atoms with Crippen LogP contribution in [0.2, 0.25) is 0 Å². The third kappa shape index (κ3) is 3.06. The van der Waals surface area contributed by atoms with Gasteiger partial charge in [0, 0.05) is 39.8 Å². The summed E-state index contributed by atoms with van der Waals surface area (Å²) in [5, 5.41) is 9.30. The van der Waals surface area contributed by atoms with Crippen LogP contribution in [0.3, 0.4) is 0 Å². The number of halogens is 1. The molecule has 3 nitrogen and oxygen atoms in total. The van der Waals surface area contributed by atoms with E-state index in [1.165, 1.54) is 10.6 Å². The number of phenols is 1. The van der Waals surface area contributed by atoms with Crippen molar-refractivity contribution in [1.29, 1.82) is 0 Å². The van der Waals surface area contributed by atoms with Gasteiger partial charge in [-0.3, -0.25) is 4.79 Å². The normalized spacial score (nSPS) is 9.76. The maximum atomic E-state index is 11.5. The van der Waals surface area contributed by atoms with Gasteiger partial charge in [-0.2, -0.15) is 12.1 Å². The molecule has 2 aromatic rings. The number of aromatic nitrogens is 1. The van der Waals surface area contributed by atoms with Gasteiger partial charge in [0.1, 0.15) is 5.75 Å². The first-order chi connectivity index (χ1) is 7.59. The first-order valence-corrected chi connectivity index (χ1v) is 5.45. The van der Waals surface area contributed by atoms with Crippen LogP contribution in [-0.4, -0.2) is 9.67 Å². The summed E-state index contributed by atoms with van der Waals surface area (Å²) >= 11 is 3.35. The van der Waals surface area contributed by atoms with Gasteiger partial charge in [0.2, 0.25) is 0 Å². The molecule has 1 aromatic carbocycles. The summed E-state index contributed by atoms with van der Waals surface area (Å²) in [6.45, 7) is 0. The molecule has 0 spiro atoms. The van der Waals surface area contributed by atoms with Crippen LogP contribution in [0.1, 0.15) is 0 Å². The fourth-order valence-electron chi connectivity index (χ4n) is 1.47. The summed E-state index contributed by atoms with van der Waals surface area (Å²) in [6, 6.07) is 11.0. The Hall–Kier alpha value is -0.446. The van der Waals surface area contributed by atoms with Crippen molar-refractivity contribution >= 4 is 15.9 Å². The van der Waals surface area contributed by atoms with E-state index in [-0.39, 0.29) is 44.0 Å². The predicted octanol–water partition coefficient (Wildman–Crippen LogP) is 2.32. The SMILES string of the molecule is Cn1c(-c2ccc(O)cc2Br)[c-]ccc1=O.[Y]. The molecule has 0 aliphatic carbocycles. The zero-order valence-electron chi connectivity index (χ0n) is 9.14. The minimum absolute atomic E-state index is 0. The summed E-state index contributed by atoms with van der Waals surface area (Å²) in [5.41, 5.74) is 1.41. The van der Waals surface area contributed by atoms with Gasteiger partial charge in [-0.05, 0) is 16.6 Å². The molecule has 0 aliphatic rings. The van der Waals surface area contributed by atoms with Crippen molar-refractivity contribution in [3.63, 3.8) is 0 Å². The maximum absolute atomic E-state index is 11.5. The zero-order chi connectivity index (χ0) is 11.7. The van der Waals surface area contributed by atoms with Gasteiger partial charge in [-0.1, -0.05) is 33.3 Å². The molecule has 17 heavy (non-hydrogen) atoms. The van der Waals surface area contributed by atoms with Crippen LogP contribution >= 0.6 is 15.9 Å². The van der Waals surface area contributed by atoms with Gasteiger partial charge in [0.25, 0.3) is 0 Å². The first-order valence-electron chi connectivity index (χ1n) is 4.66. The van der Waals surface area contributed by atoms with Gasteiger partial charge in [0.05, 0.1) is 0 Å². The van der Waals surface area contributed by atoms with Crippen LogP contribution in [0.25, 0.3) is 11.3 Å². The van der Waals surface area contributed by atoms with Crippen molar-refractivity contribution in [2.24, 2.45) is 7.05 Å². The molecule has 0 bridgehead atoms. The van der Waals surface area contributed by atoms with Gasteiger partial charge < -0.3 is 9.67 Å². The predicted molar refractivity (Wildman–Crippen MR) is 65.3 cm³/mol. The van der Waals surface area contributed by atoms with Crippen molar-refractivity contribution in [3.8, 4) is 17.0 Å². The summed E-state index contributed by atoms with van der Waals surface area (Å²) in [6.07, 6.45) is 0. The summed E-state index contributed by atoms with van der Waals surface area (Å²) in [5.74, 6) is 0.177. The van der Waals surface area contributed by atoms with Gasteiger partial charge >= 0.3 is 0 Å². The van der Waals surface area contributed by atoms with Crippen molar-refractivity contribution < 1.29 is 37.8 Å². The molecule has 0 unspecified atom stereocenters. The summed E-state index contributed by atoms with van der Waals surface area (Å²) in [4.78, 5) is 11.5. The Labute approximate surface area is 132 Å². The Morgan fingerprint density at radius 1 is 1.35 bits per heavy atom. The largest absolute Gasteiger partial charge is 0.508 e. The van der Waals surface area contributed by atoms with E-state index in [0.717, 1.165) is 10.0 Å². The zero-order valence-corrected chi connectivity index (χ0v) is 13.6. The smallest absolute Gasteiger partial charge is 0.194 e. The third-order valence-corrected chi connectivity index (χ3v) is 2.98. The average molecular weight is 368 g/mol. The van der Waals surface area contributed by atoms with E-state index in [1.54, 1.807) is 31.3 Å². The van der Waals surface area contributed by atoms with E-state index in [2.05, 4.69) is 22.0 Å². The Morgan fingerprint density at radius 3 is 2.71 bits per heavy atom. The molecule has 0 atom stereocenters. The molecule has 1 N–H and O–H groups in total. The van der Waals surface area contributed by atoms with E-state index < -0.39 is 0 Å². The van der Waals surface area contributed by atoms with E-state index in [4.69, 9.17) is 0 Å². The molecule has 5 heteroatoms. The van der Waals surface area contributed by atoms with E-state index in [1.807, 2.05) is 0 Å². The molecule has 1 aromatic heterocycles. The fraction of sp³-hybridized carbons (Fsp3) is 0.0833. The second-order valence-corrected chi connectivity index (χ2v) is 4.24. The van der Waals surface area contributed by atoms with Crippen LogP contribution in [0, 0.1) is 6.07 Å². The van der Waals surface area contributed by atoms with Crippen molar-refractivity contribution in [2.75, 3.05) is 0 Å². The molecule has 0 aliphatic heterocycles. The van der Waals surface area contributed by atoms with Gasteiger partial charge in [-0.15, -0.1) is 6.07 Å². The quantitative estimate of drug-likeness (QED) is 0.786. The molecule has 0 saturated carbocycles. The number of phenolic OH excluding ortho intramolecular Hbond substituents is 1. The molecule has 2 rings (SSSR count). The van der Waals surface area contributed by atoms with Gasteiger partial charge in [-0.25, -0.2) is 0 Å². The second kappa shape index (κ2) is 5.94. The number of pyridine rings is 1. The molecule has 1 heterocycles. The Morgan fingerprint density at radius 2 is 2.06 bits per heavy atom. The van der Waals surface area contributed by atoms with E-state index in [0.29, 0.717) is 5.69 Å². The average Bonchev–Trinajstić information content (AvgIpc) is 2.23. The monoisotopic (exact) mass is 367 g/mol. The molecular weight excluding hydrogens is 359 g/mol. The number of nitrogens with zero attached hydrogens (tertiary/aromatic N) is 1. The summed E-state index contributed by atoms with van der Waals surface area (Å²) in [7, 11) is 1.69. The standard InChI is InChI=1S/C12H9BrNO2.Y/c1-14-11(3-2-4-12(14)16)9-6-5-8(15)7-10(9)13;/h2,4-7,15H,1H3;/q-1;. The molecule has 0 saturated heterocycles. The van der Waals surface area contributed by atoms with Crippen LogP contribution in [0.5, 0.6) is 5.75 Å². The molecule has 0 fully saturated rings. The van der Waals surface area contributed by atoms with Crippen LogP contribution in [0.4, 0.5) is 0 Å². The van der Waals surface area contributed by atoms with Gasteiger partial charge in [0.15, 0.2) is 5.56 Å². The van der Waals surface area contributed by atoms with E-state index >= 15 is 0 Å². The first kappa shape index (κ1) is 14.6. The van der Waals surface area contributed by atoms with Crippen LogP contribution in [0.15, 0.2) is 39.6 Å². The molecule has 85 valence electrons. The number of hydrogen-bond acceptors (Lipinski definition) is 2. The van der Waals surface area contributed by atoms with Crippen molar-refractivity contribution in [3.05, 3.63) is 51.2 Å². The number of aromatic hydroxyl groups is 1. The molecule has 0 amide bonds. The number of benzene rings is 1. The van der Waals surface area contributed by atoms with Crippen molar-refractivity contribution in [2.45, 2.75) is 0 Å². The van der Waals surface area contributed by atoms with Crippen LogP contribution < -0.4 is 5.56 Å². The fourth-order valence-corrected chi connectivity index (χ4v) is 2.02. The van der Waals surface area contributed by atoms with Crippen LogP contribution in [-0.2, 0) is 39.8 Å². The molecule has 1 radical (unpaired) electrons. The Balaban J connectivity index is 0.00000144. The van der Waals surface area contributed by atoms with E-state index in [9.17, 15) is 9.90 Å². The second-order valence-electron chi connectivity index (χ2n) is 3.39. The Kier molecular flexibility index (Phi) is 5.11. The summed E-state index contributed by atoms with van der Waals surface area (Å²) < 4.78 is 2.24. The topological polar surface area (TPSA) is 42.2 Å². The third-order valence-electron chi connectivity index (χ3n) is 2.32. The number of rotatable bonds is 1. The Bertz CT molecular complexity index is 595.